The molecule has 1 unspecified atom stereocenters. The van der Waals surface area contributed by atoms with E-state index < -0.39 is 5.97 Å². The van der Waals surface area contributed by atoms with Gasteiger partial charge in [-0.15, -0.1) is 0 Å². The van der Waals surface area contributed by atoms with Crippen LogP contribution < -0.4 is 5.32 Å². The van der Waals surface area contributed by atoms with Gasteiger partial charge in [-0.05, 0) is 31.5 Å². The third kappa shape index (κ3) is 4.87. The number of amides is 1. The van der Waals surface area contributed by atoms with Gasteiger partial charge >= 0.3 is 5.97 Å². The van der Waals surface area contributed by atoms with Crippen LogP contribution in [0.3, 0.4) is 0 Å². The molecular weight excluding hydrogens is 242 g/mol. The Kier molecular flexibility index (Phi) is 4.97. The zero-order chi connectivity index (χ0) is 12.8. The van der Waals surface area contributed by atoms with Gasteiger partial charge in [0.25, 0.3) is 5.91 Å². The summed E-state index contributed by atoms with van der Waals surface area (Å²) >= 11 is 5.77. The molecule has 4 nitrogen and oxygen atoms in total. The van der Waals surface area contributed by atoms with Gasteiger partial charge in [-0.2, -0.15) is 0 Å². The summed E-state index contributed by atoms with van der Waals surface area (Å²) in [4.78, 5) is 22.1. The van der Waals surface area contributed by atoms with Gasteiger partial charge in [-0.3, -0.25) is 9.59 Å². The Labute approximate surface area is 105 Å². The Morgan fingerprint density at radius 3 is 2.76 bits per heavy atom. The maximum atomic E-state index is 11.7. The van der Waals surface area contributed by atoms with E-state index in [0.717, 1.165) is 0 Å². The Bertz CT molecular complexity index is 420. The number of hydrogen-bond donors (Lipinski definition) is 2. The van der Waals surface area contributed by atoms with E-state index in [-0.39, 0.29) is 18.4 Å². The summed E-state index contributed by atoms with van der Waals surface area (Å²) in [5, 5.41) is 11.7. The maximum absolute atomic E-state index is 11.7. The second-order valence-corrected chi connectivity index (χ2v) is 4.25. The molecule has 1 atom stereocenters. The molecular formula is C12H14ClNO3. The molecule has 17 heavy (non-hydrogen) atoms. The van der Waals surface area contributed by atoms with Crippen molar-refractivity contribution < 1.29 is 14.7 Å². The lowest BCUT2D eigenvalue weighted by Gasteiger charge is -2.12. The van der Waals surface area contributed by atoms with Crippen LogP contribution in [0.5, 0.6) is 0 Å². The fourth-order valence-corrected chi connectivity index (χ4v) is 1.54. The number of carbonyl (C=O) groups is 2. The van der Waals surface area contributed by atoms with E-state index in [1.54, 1.807) is 31.2 Å². The molecule has 1 aromatic rings. The number of hydrogen-bond acceptors (Lipinski definition) is 2. The first-order valence-corrected chi connectivity index (χ1v) is 5.65. The maximum Gasteiger partial charge on any atom is 0.303 e. The number of benzene rings is 1. The summed E-state index contributed by atoms with van der Waals surface area (Å²) in [5.74, 6) is -1.11. The second kappa shape index (κ2) is 6.25. The van der Waals surface area contributed by atoms with E-state index in [0.29, 0.717) is 17.0 Å². The van der Waals surface area contributed by atoms with Crippen LogP contribution in [0.4, 0.5) is 0 Å². The average Bonchev–Trinajstić information content (AvgIpc) is 2.26. The molecule has 0 bridgehead atoms. The highest BCUT2D eigenvalue weighted by Crippen LogP contribution is 2.10. The largest absolute Gasteiger partial charge is 0.481 e. The van der Waals surface area contributed by atoms with Crippen molar-refractivity contribution in [2.24, 2.45) is 0 Å². The molecule has 0 aromatic heterocycles. The number of nitrogens with one attached hydrogen (secondary N) is 1. The van der Waals surface area contributed by atoms with E-state index in [2.05, 4.69) is 5.32 Å². The molecule has 1 rings (SSSR count). The SMILES string of the molecule is CC(CCC(=O)O)NC(=O)c1cccc(Cl)c1. The first-order valence-electron chi connectivity index (χ1n) is 5.27. The normalized spacial score (nSPS) is 11.9. The van der Waals surface area contributed by atoms with Crippen LogP contribution in [0.15, 0.2) is 24.3 Å². The number of halogens is 1. The van der Waals surface area contributed by atoms with Crippen molar-refractivity contribution in [2.45, 2.75) is 25.8 Å². The Morgan fingerprint density at radius 2 is 2.18 bits per heavy atom. The van der Waals surface area contributed by atoms with Crippen LogP contribution in [-0.2, 0) is 4.79 Å². The molecule has 0 spiro atoms. The number of rotatable bonds is 5. The van der Waals surface area contributed by atoms with Gasteiger partial charge in [0, 0.05) is 23.0 Å². The Morgan fingerprint density at radius 1 is 1.47 bits per heavy atom. The molecule has 5 heteroatoms. The number of carboxylic acid groups (broad SMARTS) is 1. The van der Waals surface area contributed by atoms with Crippen LogP contribution in [0, 0.1) is 0 Å². The molecule has 0 saturated carbocycles. The van der Waals surface area contributed by atoms with Gasteiger partial charge in [-0.25, -0.2) is 0 Å². The predicted octanol–water partition coefficient (Wildman–Crippen LogP) is 2.32. The molecule has 2 N–H and O–H groups in total. The van der Waals surface area contributed by atoms with Gasteiger partial charge in [0.1, 0.15) is 0 Å². The summed E-state index contributed by atoms with van der Waals surface area (Å²) in [6.45, 7) is 1.77. The summed E-state index contributed by atoms with van der Waals surface area (Å²) in [7, 11) is 0. The zero-order valence-electron chi connectivity index (χ0n) is 9.44. The monoisotopic (exact) mass is 255 g/mol. The van der Waals surface area contributed by atoms with Gasteiger partial charge in [0.2, 0.25) is 0 Å². The second-order valence-electron chi connectivity index (χ2n) is 3.82. The highest BCUT2D eigenvalue weighted by atomic mass is 35.5. The summed E-state index contributed by atoms with van der Waals surface area (Å²) < 4.78 is 0. The quantitative estimate of drug-likeness (QED) is 0.849. The van der Waals surface area contributed by atoms with Gasteiger partial charge in [0.05, 0.1) is 0 Å². The smallest absolute Gasteiger partial charge is 0.303 e. The van der Waals surface area contributed by atoms with Crippen LogP contribution >= 0.6 is 11.6 Å². The molecule has 0 aliphatic rings. The third-order valence-corrected chi connectivity index (χ3v) is 2.49. The first-order chi connectivity index (χ1) is 7.99. The van der Waals surface area contributed by atoms with Crippen molar-refractivity contribution in [3.63, 3.8) is 0 Å². The molecule has 0 aliphatic heterocycles. The minimum Gasteiger partial charge on any atom is -0.481 e. The molecule has 1 aromatic carbocycles. The third-order valence-electron chi connectivity index (χ3n) is 2.26. The minimum absolute atomic E-state index is 0.0387. The fourth-order valence-electron chi connectivity index (χ4n) is 1.35. The van der Waals surface area contributed by atoms with E-state index in [9.17, 15) is 9.59 Å². The topological polar surface area (TPSA) is 66.4 Å². The van der Waals surface area contributed by atoms with E-state index >= 15 is 0 Å². The van der Waals surface area contributed by atoms with Crippen molar-refractivity contribution >= 4 is 23.5 Å². The predicted molar refractivity (Wildman–Crippen MR) is 65.3 cm³/mol. The van der Waals surface area contributed by atoms with E-state index in [4.69, 9.17) is 16.7 Å². The zero-order valence-corrected chi connectivity index (χ0v) is 10.2. The Balaban J connectivity index is 2.51. The lowest BCUT2D eigenvalue weighted by molar-refractivity contribution is -0.137. The average molecular weight is 256 g/mol. The van der Waals surface area contributed by atoms with Crippen molar-refractivity contribution in [1.82, 2.24) is 5.32 Å². The number of aliphatic carboxylic acids is 1. The van der Waals surface area contributed by atoms with Crippen molar-refractivity contribution in [3.05, 3.63) is 34.9 Å². The van der Waals surface area contributed by atoms with E-state index in [1.807, 2.05) is 0 Å². The molecule has 1 amide bonds. The Hall–Kier alpha value is -1.55. The number of carbonyl (C=O) groups excluding carboxylic acids is 1. The molecule has 0 fully saturated rings. The van der Waals surface area contributed by atoms with Gasteiger partial charge in [0.15, 0.2) is 0 Å². The molecule has 0 heterocycles. The number of carboxylic acids is 1. The lowest BCUT2D eigenvalue weighted by Crippen LogP contribution is -2.32. The standard InChI is InChI=1S/C12H14ClNO3/c1-8(5-6-11(15)16)14-12(17)9-3-2-4-10(13)7-9/h2-4,7-8H,5-6H2,1H3,(H,14,17)(H,15,16). The summed E-state index contributed by atoms with van der Waals surface area (Å²) in [6, 6.07) is 6.43. The highest BCUT2D eigenvalue weighted by molar-refractivity contribution is 6.30. The van der Waals surface area contributed by atoms with Gasteiger partial charge in [-0.1, -0.05) is 17.7 Å². The molecule has 0 saturated heterocycles. The molecule has 0 radical (unpaired) electrons. The van der Waals surface area contributed by atoms with Crippen molar-refractivity contribution in [2.75, 3.05) is 0 Å². The lowest BCUT2D eigenvalue weighted by atomic mass is 10.1. The van der Waals surface area contributed by atoms with Crippen LogP contribution in [0.2, 0.25) is 5.02 Å². The van der Waals surface area contributed by atoms with Crippen molar-refractivity contribution in [1.29, 1.82) is 0 Å². The summed E-state index contributed by atoms with van der Waals surface area (Å²) in [5.41, 5.74) is 0.472. The van der Waals surface area contributed by atoms with Crippen molar-refractivity contribution in [3.8, 4) is 0 Å². The van der Waals surface area contributed by atoms with Crippen LogP contribution in [-0.4, -0.2) is 23.0 Å². The van der Waals surface area contributed by atoms with Gasteiger partial charge < -0.3 is 10.4 Å². The minimum atomic E-state index is -0.867. The molecule has 0 aliphatic carbocycles. The van der Waals surface area contributed by atoms with Crippen LogP contribution in [0.25, 0.3) is 0 Å². The molecule has 92 valence electrons. The van der Waals surface area contributed by atoms with Crippen LogP contribution in [0.1, 0.15) is 30.1 Å². The highest BCUT2D eigenvalue weighted by Gasteiger charge is 2.11. The first kappa shape index (κ1) is 13.5. The summed E-state index contributed by atoms with van der Waals surface area (Å²) in [6.07, 6.45) is 0.443. The fraction of sp³-hybridized carbons (Fsp3) is 0.333. The van der Waals surface area contributed by atoms with E-state index in [1.165, 1.54) is 0 Å².